The number of para-hydroxylation sites is 2. The fourth-order valence-corrected chi connectivity index (χ4v) is 3.09. The largest absolute Gasteiger partial charge is 0.494 e. The molecule has 2 heterocycles. The van der Waals surface area contributed by atoms with Crippen LogP contribution in [0.2, 0.25) is 0 Å². The molecule has 0 saturated heterocycles. The number of anilines is 1. The van der Waals surface area contributed by atoms with Crippen molar-refractivity contribution in [2.45, 2.75) is 52.4 Å². The fourth-order valence-electron chi connectivity index (χ4n) is 3.09. The Hall–Kier alpha value is -3.67. The Balaban J connectivity index is 2.28. The third-order valence-corrected chi connectivity index (χ3v) is 4.64. The number of hydrogen-bond donors (Lipinski definition) is 1. The number of nitrogen functional groups attached to an aromatic ring is 1. The van der Waals surface area contributed by atoms with Crippen molar-refractivity contribution >= 4 is 17.4 Å². The first-order valence-electron chi connectivity index (χ1n) is 9.83. The van der Waals surface area contributed by atoms with E-state index in [0.717, 1.165) is 0 Å². The number of rotatable bonds is 4. The fraction of sp³-hybridized carbons (Fsp3) is 0.409. The summed E-state index contributed by atoms with van der Waals surface area (Å²) >= 11 is 0. The first-order valence-corrected chi connectivity index (χ1v) is 9.83. The second kappa shape index (κ2) is 7.87. The Bertz CT molecular complexity index is 1170. The maximum absolute atomic E-state index is 9.95. The SMILES string of the molecule is COc1ccccc1-n1nc(C(C)(C)C)c(C#N)c1N=Nc1c(C(C)(C)C)noc1N. The molecule has 0 bridgehead atoms. The van der Waals surface area contributed by atoms with E-state index < -0.39 is 5.41 Å². The van der Waals surface area contributed by atoms with Crippen molar-refractivity contribution < 1.29 is 9.26 Å². The van der Waals surface area contributed by atoms with Gasteiger partial charge in [0.25, 0.3) is 0 Å². The van der Waals surface area contributed by atoms with E-state index in [4.69, 9.17) is 20.1 Å². The zero-order valence-corrected chi connectivity index (χ0v) is 18.9. The van der Waals surface area contributed by atoms with Gasteiger partial charge >= 0.3 is 0 Å². The molecular weight excluding hydrogens is 394 g/mol. The monoisotopic (exact) mass is 421 g/mol. The summed E-state index contributed by atoms with van der Waals surface area (Å²) in [6.07, 6.45) is 0. The number of methoxy groups -OCH3 is 1. The summed E-state index contributed by atoms with van der Waals surface area (Å²) in [4.78, 5) is 0. The van der Waals surface area contributed by atoms with Gasteiger partial charge in [0.05, 0.1) is 12.8 Å². The molecule has 0 aliphatic rings. The second-order valence-electron chi connectivity index (χ2n) is 9.19. The Labute approximate surface area is 181 Å². The molecule has 3 aromatic rings. The molecule has 0 fully saturated rings. The van der Waals surface area contributed by atoms with Gasteiger partial charge in [0.15, 0.2) is 11.5 Å². The zero-order chi connectivity index (χ0) is 23.0. The number of hydrogen-bond acceptors (Lipinski definition) is 8. The topological polar surface area (TPSA) is 128 Å². The van der Waals surface area contributed by atoms with Crippen molar-refractivity contribution in [3.8, 4) is 17.5 Å². The van der Waals surface area contributed by atoms with Crippen molar-refractivity contribution in [2.24, 2.45) is 10.2 Å². The second-order valence-corrected chi connectivity index (χ2v) is 9.19. The number of ether oxygens (including phenoxy) is 1. The van der Waals surface area contributed by atoms with Gasteiger partial charge in [0.1, 0.15) is 28.8 Å². The quantitative estimate of drug-likeness (QED) is 0.567. The minimum Gasteiger partial charge on any atom is -0.494 e. The summed E-state index contributed by atoms with van der Waals surface area (Å²) in [5.41, 5.74) is 7.68. The van der Waals surface area contributed by atoms with Gasteiger partial charge in [-0.1, -0.05) is 58.8 Å². The van der Waals surface area contributed by atoms with E-state index in [1.165, 1.54) is 0 Å². The van der Waals surface area contributed by atoms with Gasteiger partial charge in [0.2, 0.25) is 5.88 Å². The maximum atomic E-state index is 9.95. The highest BCUT2D eigenvalue weighted by atomic mass is 16.5. The van der Waals surface area contributed by atoms with Gasteiger partial charge in [-0.25, -0.2) is 4.68 Å². The van der Waals surface area contributed by atoms with Gasteiger partial charge in [-0.3, -0.25) is 0 Å². The van der Waals surface area contributed by atoms with Crippen LogP contribution in [0.15, 0.2) is 39.0 Å². The predicted octanol–water partition coefficient (Wildman–Crippen LogP) is 5.33. The number of nitrogens with two attached hydrogens (primary N) is 1. The number of nitriles is 1. The molecule has 162 valence electrons. The summed E-state index contributed by atoms with van der Waals surface area (Å²) in [7, 11) is 1.58. The van der Waals surface area contributed by atoms with Crippen LogP contribution in [0.5, 0.6) is 5.75 Å². The van der Waals surface area contributed by atoms with Gasteiger partial charge in [-0.2, -0.15) is 10.4 Å². The maximum Gasteiger partial charge on any atom is 0.250 e. The van der Waals surface area contributed by atoms with Crippen molar-refractivity contribution in [1.29, 1.82) is 5.26 Å². The van der Waals surface area contributed by atoms with Crippen molar-refractivity contribution in [2.75, 3.05) is 12.8 Å². The highest BCUT2D eigenvalue weighted by Gasteiger charge is 2.30. The van der Waals surface area contributed by atoms with Gasteiger partial charge in [-0.05, 0) is 12.1 Å². The Kier molecular flexibility index (Phi) is 5.59. The van der Waals surface area contributed by atoms with Gasteiger partial charge < -0.3 is 15.0 Å². The normalized spacial score (nSPS) is 12.3. The summed E-state index contributed by atoms with van der Waals surface area (Å²) in [6, 6.07) is 9.61. The lowest BCUT2D eigenvalue weighted by molar-refractivity contribution is 0.405. The molecule has 9 heteroatoms. The molecule has 2 N–H and O–H groups in total. The first-order chi connectivity index (χ1) is 14.5. The van der Waals surface area contributed by atoms with Crippen LogP contribution in [0.1, 0.15) is 58.5 Å². The van der Waals surface area contributed by atoms with Crippen LogP contribution in [-0.2, 0) is 10.8 Å². The Morgan fingerprint density at radius 2 is 1.71 bits per heavy atom. The summed E-state index contributed by atoms with van der Waals surface area (Å²) in [5.74, 6) is 0.926. The molecule has 0 spiro atoms. The standard InChI is InChI=1S/C22H27N7O2/c1-21(2,3)17-13(12-23)20(29(27-17)14-10-8-9-11-15(14)30-7)26-25-16-18(22(4,5)6)28-31-19(16)24/h8-11H,24H2,1-7H3. The highest BCUT2D eigenvalue weighted by Crippen LogP contribution is 2.39. The zero-order valence-electron chi connectivity index (χ0n) is 18.9. The lowest BCUT2D eigenvalue weighted by Gasteiger charge is -2.15. The van der Waals surface area contributed by atoms with E-state index in [1.54, 1.807) is 11.8 Å². The highest BCUT2D eigenvalue weighted by molar-refractivity contribution is 5.62. The van der Waals surface area contributed by atoms with Crippen LogP contribution in [-0.4, -0.2) is 22.0 Å². The predicted molar refractivity (Wildman–Crippen MR) is 117 cm³/mol. The number of aromatic nitrogens is 3. The summed E-state index contributed by atoms with van der Waals surface area (Å²) in [5, 5.41) is 27.4. The molecule has 0 saturated carbocycles. The Morgan fingerprint density at radius 3 is 2.29 bits per heavy atom. The van der Waals surface area contributed by atoms with E-state index >= 15 is 0 Å². The smallest absolute Gasteiger partial charge is 0.250 e. The lowest BCUT2D eigenvalue weighted by Crippen LogP contribution is -2.14. The van der Waals surface area contributed by atoms with Crippen LogP contribution in [0.4, 0.5) is 17.4 Å². The number of azo groups is 1. The molecule has 0 radical (unpaired) electrons. The molecule has 0 aliphatic heterocycles. The number of nitrogens with zero attached hydrogens (tertiary/aromatic N) is 6. The molecule has 9 nitrogen and oxygen atoms in total. The molecule has 3 rings (SSSR count). The average Bonchev–Trinajstić information content (AvgIpc) is 3.26. The van der Waals surface area contributed by atoms with Crippen molar-refractivity contribution in [1.82, 2.24) is 14.9 Å². The minimum absolute atomic E-state index is 0.0617. The summed E-state index contributed by atoms with van der Waals surface area (Å²) < 4.78 is 12.2. The lowest BCUT2D eigenvalue weighted by atomic mass is 9.90. The van der Waals surface area contributed by atoms with E-state index in [9.17, 15) is 5.26 Å². The third-order valence-electron chi connectivity index (χ3n) is 4.64. The Morgan fingerprint density at radius 1 is 1.06 bits per heavy atom. The molecule has 31 heavy (non-hydrogen) atoms. The van der Waals surface area contributed by atoms with Crippen LogP contribution in [0.3, 0.4) is 0 Å². The van der Waals surface area contributed by atoms with Gasteiger partial charge in [0, 0.05) is 10.8 Å². The molecule has 2 aromatic heterocycles. The van der Waals surface area contributed by atoms with Crippen molar-refractivity contribution in [3.05, 3.63) is 41.2 Å². The molecule has 0 amide bonds. The van der Waals surface area contributed by atoms with E-state index in [2.05, 4.69) is 21.5 Å². The number of benzene rings is 1. The molecule has 0 atom stereocenters. The van der Waals surface area contributed by atoms with E-state index in [-0.39, 0.29) is 17.1 Å². The third kappa shape index (κ3) is 4.14. The minimum atomic E-state index is -0.393. The molecule has 0 aliphatic carbocycles. The van der Waals surface area contributed by atoms with Crippen LogP contribution in [0.25, 0.3) is 5.69 Å². The average molecular weight is 422 g/mol. The van der Waals surface area contributed by atoms with Crippen molar-refractivity contribution in [3.63, 3.8) is 0 Å². The molecular formula is C22H27N7O2. The first kappa shape index (κ1) is 22.0. The molecule has 0 unspecified atom stereocenters. The van der Waals surface area contributed by atoms with Crippen LogP contribution >= 0.6 is 0 Å². The van der Waals surface area contributed by atoms with E-state index in [1.807, 2.05) is 65.8 Å². The molecule has 1 aromatic carbocycles. The van der Waals surface area contributed by atoms with Gasteiger partial charge in [-0.15, -0.1) is 10.2 Å². The van der Waals surface area contributed by atoms with Crippen LogP contribution < -0.4 is 10.5 Å². The van der Waals surface area contributed by atoms with Crippen LogP contribution in [0, 0.1) is 11.3 Å². The summed E-state index contributed by atoms with van der Waals surface area (Å²) in [6.45, 7) is 11.9. The van der Waals surface area contributed by atoms with E-state index in [0.29, 0.717) is 34.1 Å².